The monoisotopic (exact) mass is 346 g/mol. The maximum Gasteiger partial charge on any atom is 0.251 e. The number of hydrogen-bond donors (Lipinski definition) is 0. The van der Waals surface area contributed by atoms with Crippen LogP contribution in [0.1, 0.15) is 6.42 Å². The molecular weight excluding hydrogens is 332 g/mol. The third-order valence-electron chi connectivity index (χ3n) is 3.32. The lowest BCUT2D eigenvalue weighted by Crippen LogP contribution is -2.14. The van der Waals surface area contributed by atoms with E-state index in [0.717, 1.165) is 16.0 Å². The Labute approximate surface area is 142 Å². The second-order valence-corrected chi connectivity index (χ2v) is 6.42. The molecule has 0 fully saturated rings. The molecule has 0 aliphatic carbocycles. The van der Waals surface area contributed by atoms with Crippen molar-refractivity contribution in [3.63, 3.8) is 0 Å². The average Bonchev–Trinajstić information content (AvgIpc) is 2.83. The highest BCUT2D eigenvalue weighted by Gasteiger charge is 2.06. The summed E-state index contributed by atoms with van der Waals surface area (Å²) < 4.78 is 8.42. The standard InChI is InChI=1S/C17H15ClN2O2S/c1-20-14-8-7-12(18)11-15(14)23-17(20)19-16(21)9-10-22-13-5-3-2-4-6-13/h2-8,11H,9-10H2,1H3. The molecule has 2 aromatic carbocycles. The smallest absolute Gasteiger partial charge is 0.251 e. The second-order valence-electron chi connectivity index (χ2n) is 4.97. The number of nitrogens with zero attached hydrogens (tertiary/aromatic N) is 2. The van der Waals surface area contributed by atoms with Gasteiger partial charge in [0.1, 0.15) is 5.75 Å². The first-order valence-electron chi connectivity index (χ1n) is 7.14. The average molecular weight is 347 g/mol. The molecule has 118 valence electrons. The minimum atomic E-state index is -0.200. The number of amides is 1. The maximum absolute atomic E-state index is 12.0. The van der Waals surface area contributed by atoms with Crippen molar-refractivity contribution in [1.82, 2.24) is 4.57 Å². The predicted molar refractivity (Wildman–Crippen MR) is 92.9 cm³/mol. The number of rotatable bonds is 4. The van der Waals surface area contributed by atoms with Crippen LogP contribution in [0, 0.1) is 0 Å². The van der Waals surface area contributed by atoms with Crippen LogP contribution in [-0.2, 0) is 11.8 Å². The third-order valence-corrected chi connectivity index (χ3v) is 4.65. The van der Waals surface area contributed by atoms with E-state index in [4.69, 9.17) is 16.3 Å². The van der Waals surface area contributed by atoms with E-state index in [9.17, 15) is 4.79 Å². The van der Waals surface area contributed by atoms with Crippen LogP contribution >= 0.6 is 22.9 Å². The quantitative estimate of drug-likeness (QED) is 0.721. The molecule has 0 radical (unpaired) electrons. The van der Waals surface area contributed by atoms with Crippen molar-refractivity contribution in [1.29, 1.82) is 0 Å². The van der Waals surface area contributed by atoms with Gasteiger partial charge in [0, 0.05) is 12.1 Å². The van der Waals surface area contributed by atoms with Gasteiger partial charge in [-0.15, -0.1) is 0 Å². The van der Waals surface area contributed by atoms with Crippen molar-refractivity contribution >= 4 is 39.1 Å². The van der Waals surface area contributed by atoms with Crippen LogP contribution < -0.4 is 9.54 Å². The van der Waals surface area contributed by atoms with E-state index in [1.807, 2.05) is 60.1 Å². The number of carbonyl (C=O) groups excluding carboxylic acids is 1. The Hall–Kier alpha value is -2.11. The molecule has 3 aromatic rings. The number of halogens is 1. The molecule has 1 aromatic heterocycles. The van der Waals surface area contributed by atoms with Gasteiger partial charge in [0.2, 0.25) is 0 Å². The lowest BCUT2D eigenvalue weighted by Gasteiger charge is -2.03. The van der Waals surface area contributed by atoms with Crippen LogP contribution in [-0.4, -0.2) is 17.1 Å². The second kappa shape index (κ2) is 6.98. The Balaban J connectivity index is 1.71. The Morgan fingerprint density at radius 1 is 1.26 bits per heavy atom. The first-order chi connectivity index (χ1) is 11.1. The molecule has 0 saturated heterocycles. The molecular formula is C17H15ClN2O2S. The normalized spacial score (nSPS) is 11.8. The van der Waals surface area contributed by atoms with Crippen molar-refractivity contribution in [2.75, 3.05) is 6.61 Å². The number of benzene rings is 2. The predicted octanol–water partition coefficient (Wildman–Crippen LogP) is 3.79. The Kier molecular flexibility index (Phi) is 4.79. The number of fused-ring (bicyclic) bond motifs is 1. The van der Waals surface area contributed by atoms with Gasteiger partial charge in [0.15, 0.2) is 4.80 Å². The molecule has 23 heavy (non-hydrogen) atoms. The van der Waals surface area contributed by atoms with E-state index in [0.29, 0.717) is 16.4 Å². The molecule has 0 N–H and O–H groups in total. The summed E-state index contributed by atoms with van der Waals surface area (Å²) in [5.74, 6) is 0.552. The molecule has 3 rings (SSSR count). The molecule has 0 aliphatic rings. The van der Waals surface area contributed by atoms with E-state index < -0.39 is 0 Å². The summed E-state index contributed by atoms with van der Waals surface area (Å²) in [7, 11) is 1.89. The number of thiazole rings is 1. The number of para-hydroxylation sites is 1. The van der Waals surface area contributed by atoms with Crippen molar-refractivity contribution in [3.8, 4) is 5.75 Å². The van der Waals surface area contributed by atoms with Gasteiger partial charge >= 0.3 is 0 Å². The van der Waals surface area contributed by atoms with Gasteiger partial charge < -0.3 is 9.30 Å². The number of carbonyl (C=O) groups is 1. The first kappa shape index (κ1) is 15.8. The molecule has 6 heteroatoms. The van der Waals surface area contributed by atoms with Crippen molar-refractivity contribution in [2.45, 2.75) is 6.42 Å². The molecule has 1 heterocycles. The highest BCUT2D eigenvalue weighted by atomic mass is 35.5. The fraction of sp³-hybridized carbons (Fsp3) is 0.176. The molecule has 0 saturated carbocycles. The molecule has 0 unspecified atom stereocenters. The Bertz CT molecular complexity index is 900. The minimum absolute atomic E-state index is 0.200. The van der Waals surface area contributed by atoms with Crippen molar-refractivity contribution in [3.05, 3.63) is 58.4 Å². The molecule has 0 aliphatic heterocycles. The summed E-state index contributed by atoms with van der Waals surface area (Å²) in [4.78, 5) is 16.9. The van der Waals surface area contributed by atoms with Crippen LogP contribution in [0.25, 0.3) is 10.2 Å². The molecule has 0 atom stereocenters. The lowest BCUT2D eigenvalue weighted by molar-refractivity contribution is -0.118. The summed E-state index contributed by atoms with van der Waals surface area (Å²) in [6, 6.07) is 15.1. The van der Waals surface area contributed by atoms with Crippen LogP contribution in [0.5, 0.6) is 5.75 Å². The fourth-order valence-corrected chi connectivity index (χ4v) is 3.46. The Morgan fingerprint density at radius 2 is 2.04 bits per heavy atom. The number of aromatic nitrogens is 1. The van der Waals surface area contributed by atoms with Crippen LogP contribution in [0.3, 0.4) is 0 Å². The molecule has 1 amide bonds. The van der Waals surface area contributed by atoms with Crippen molar-refractivity contribution < 1.29 is 9.53 Å². The highest BCUT2D eigenvalue weighted by Crippen LogP contribution is 2.21. The van der Waals surface area contributed by atoms with Crippen molar-refractivity contribution in [2.24, 2.45) is 12.0 Å². The number of hydrogen-bond acceptors (Lipinski definition) is 3. The summed E-state index contributed by atoms with van der Waals surface area (Å²) in [5, 5.41) is 0.675. The van der Waals surface area contributed by atoms with E-state index in [1.54, 1.807) is 0 Å². The van der Waals surface area contributed by atoms with Crippen LogP contribution in [0.2, 0.25) is 5.02 Å². The Morgan fingerprint density at radius 3 is 2.83 bits per heavy atom. The number of ether oxygens (including phenoxy) is 1. The summed E-state index contributed by atoms with van der Waals surface area (Å²) in [6.07, 6.45) is 0.240. The van der Waals surface area contributed by atoms with Crippen LogP contribution in [0.4, 0.5) is 0 Å². The zero-order chi connectivity index (χ0) is 16.2. The van der Waals surface area contributed by atoms with Gasteiger partial charge in [-0.3, -0.25) is 4.79 Å². The van der Waals surface area contributed by atoms with Gasteiger partial charge in [-0.2, -0.15) is 4.99 Å². The largest absolute Gasteiger partial charge is 0.493 e. The minimum Gasteiger partial charge on any atom is -0.493 e. The molecule has 4 nitrogen and oxygen atoms in total. The summed E-state index contributed by atoms with van der Waals surface area (Å²) >= 11 is 7.44. The molecule has 0 bridgehead atoms. The summed E-state index contributed by atoms with van der Waals surface area (Å²) in [5.41, 5.74) is 1.01. The number of aryl methyl sites for hydroxylation is 1. The van der Waals surface area contributed by atoms with Gasteiger partial charge in [-0.25, -0.2) is 0 Å². The van der Waals surface area contributed by atoms with E-state index in [2.05, 4.69) is 4.99 Å². The SMILES string of the molecule is Cn1c(=NC(=O)CCOc2ccccc2)sc2cc(Cl)ccc21. The van der Waals surface area contributed by atoms with Gasteiger partial charge in [0.25, 0.3) is 5.91 Å². The zero-order valence-electron chi connectivity index (χ0n) is 12.5. The molecule has 0 spiro atoms. The van der Waals surface area contributed by atoms with Gasteiger partial charge in [-0.05, 0) is 30.3 Å². The fourth-order valence-electron chi connectivity index (χ4n) is 2.15. The lowest BCUT2D eigenvalue weighted by atomic mass is 10.3. The van der Waals surface area contributed by atoms with Gasteiger partial charge in [-0.1, -0.05) is 41.1 Å². The highest BCUT2D eigenvalue weighted by molar-refractivity contribution is 7.16. The topological polar surface area (TPSA) is 43.6 Å². The third kappa shape index (κ3) is 3.81. The zero-order valence-corrected chi connectivity index (χ0v) is 14.1. The maximum atomic E-state index is 12.0. The van der Waals surface area contributed by atoms with E-state index in [1.165, 1.54) is 11.3 Å². The van der Waals surface area contributed by atoms with Gasteiger partial charge in [0.05, 0.1) is 23.2 Å². The van der Waals surface area contributed by atoms with E-state index >= 15 is 0 Å². The summed E-state index contributed by atoms with van der Waals surface area (Å²) in [6.45, 7) is 0.312. The van der Waals surface area contributed by atoms with Crippen LogP contribution in [0.15, 0.2) is 53.5 Å². The van der Waals surface area contributed by atoms with E-state index in [-0.39, 0.29) is 12.3 Å². The first-order valence-corrected chi connectivity index (χ1v) is 8.33.